The molecule has 0 radical (unpaired) electrons. The second-order valence-corrected chi connectivity index (χ2v) is 9.97. The number of hydrogen-bond donors (Lipinski definition) is 0. The normalized spacial score (nSPS) is 34.1. The molecular formula is C26H44. The molecule has 2 fully saturated rings. The summed E-state index contributed by atoms with van der Waals surface area (Å²) >= 11 is 0. The first kappa shape index (κ1) is 20.2. The van der Waals surface area contributed by atoms with E-state index in [1.54, 1.807) is 24.0 Å². The first-order chi connectivity index (χ1) is 12.7. The molecule has 0 bridgehead atoms. The fraction of sp³-hybridized carbons (Fsp3) is 0.846. The molecule has 0 spiro atoms. The van der Waals surface area contributed by atoms with Crippen LogP contribution in [0.15, 0.2) is 23.3 Å². The summed E-state index contributed by atoms with van der Waals surface area (Å²) in [7, 11) is 0. The molecule has 26 heavy (non-hydrogen) atoms. The Balaban J connectivity index is 1.43. The van der Waals surface area contributed by atoms with Crippen molar-refractivity contribution in [2.24, 2.45) is 29.6 Å². The summed E-state index contributed by atoms with van der Waals surface area (Å²) in [6.45, 7) is 7.08. The Kier molecular flexibility index (Phi) is 7.89. The molecule has 0 heterocycles. The molecule has 2 saturated carbocycles. The first-order valence-electron chi connectivity index (χ1n) is 12.1. The molecule has 3 aliphatic rings. The summed E-state index contributed by atoms with van der Waals surface area (Å²) in [6.07, 6.45) is 25.4. The van der Waals surface area contributed by atoms with Crippen molar-refractivity contribution in [3.8, 4) is 0 Å². The molecule has 3 aliphatic carbocycles. The van der Waals surface area contributed by atoms with Gasteiger partial charge in [0.05, 0.1) is 0 Å². The van der Waals surface area contributed by atoms with Gasteiger partial charge in [-0.05, 0) is 87.4 Å². The highest BCUT2D eigenvalue weighted by molar-refractivity contribution is 5.26. The molecule has 3 rings (SSSR count). The molecule has 1 unspecified atom stereocenters. The largest absolute Gasteiger partial charge is 0.0696 e. The van der Waals surface area contributed by atoms with Gasteiger partial charge < -0.3 is 0 Å². The predicted octanol–water partition coefficient (Wildman–Crippen LogP) is 8.48. The molecule has 0 aliphatic heterocycles. The third-order valence-corrected chi connectivity index (χ3v) is 8.13. The van der Waals surface area contributed by atoms with Crippen molar-refractivity contribution in [2.45, 2.75) is 111 Å². The van der Waals surface area contributed by atoms with Crippen LogP contribution in [0.5, 0.6) is 0 Å². The molecular weight excluding hydrogens is 312 g/mol. The topological polar surface area (TPSA) is 0 Å². The minimum atomic E-state index is 0.860. The smallest absolute Gasteiger partial charge is 0.0200 e. The van der Waals surface area contributed by atoms with E-state index in [-0.39, 0.29) is 0 Å². The predicted molar refractivity (Wildman–Crippen MR) is 115 cm³/mol. The van der Waals surface area contributed by atoms with E-state index >= 15 is 0 Å². The van der Waals surface area contributed by atoms with Gasteiger partial charge in [-0.1, -0.05) is 76.2 Å². The van der Waals surface area contributed by atoms with E-state index in [2.05, 4.69) is 32.9 Å². The maximum absolute atomic E-state index is 2.53. The van der Waals surface area contributed by atoms with Crippen molar-refractivity contribution in [1.82, 2.24) is 0 Å². The van der Waals surface area contributed by atoms with E-state index in [4.69, 9.17) is 0 Å². The molecule has 0 amide bonds. The standard InChI is InChI=1S/C26H44/c1-4-6-21-7-11-23(12-8-21)25-15-17-26(18-16-25)24-13-9-22(10-14-24)19-20(3)5-2/h9,13,20-21,23,25-26H,4-8,10-12,14-19H2,1-3H3. The van der Waals surface area contributed by atoms with Crippen LogP contribution in [0.3, 0.4) is 0 Å². The Labute approximate surface area is 163 Å². The second-order valence-electron chi connectivity index (χ2n) is 9.97. The van der Waals surface area contributed by atoms with Gasteiger partial charge in [0.15, 0.2) is 0 Å². The molecule has 0 aromatic rings. The Morgan fingerprint density at radius 1 is 0.846 bits per heavy atom. The fourth-order valence-corrected chi connectivity index (χ4v) is 6.12. The molecule has 0 aromatic heterocycles. The Bertz CT molecular complexity index is 466. The summed E-state index contributed by atoms with van der Waals surface area (Å²) in [6, 6.07) is 0. The molecule has 0 saturated heterocycles. The third-order valence-electron chi connectivity index (χ3n) is 8.13. The van der Waals surface area contributed by atoms with Gasteiger partial charge in [-0.25, -0.2) is 0 Å². The van der Waals surface area contributed by atoms with Crippen molar-refractivity contribution in [3.63, 3.8) is 0 Å². The Morgan fingerprint density at radius 3 is 2.04 bits per heavy atom. The lowest BCUT2D eigenvalue weighted by atomic mass is 9.67. The van der Waals surface area contributed by atoms with E-state index in [0.717, 1.165) is 29.6 Å². The third kappa shape index (κ3) is 5.49. The number of allylic oxidation sites excluding steroid dienone is 4. The van der Waals surface area contributed by atoms with Gasteiger partial charge in [-0.15, -0.1) is 0 Å². The van der Waals surface area contributed by atoms with E-state index in [1.165, 1.54) is 77.0 Å². The maximum Gasteiger partial charge on any atom is -0.0200 e. The first-order valence-corrected chi connectivity index (χ1v) is 12.1. The van der Waals surface area contributed by atoms with Crippen LogP contribution in [-0.4, -0.2) is 0 Å². The van der Waals surface area contributed by atoms with Crippen LogP contribution in [0.25, 0.3) is 0 Å². The van der Waals surface area contributed by atoms with Gasteiger partial charge in [-0.2, -0.15) is 0 Å². The van der Waals surface area contributed by atoms with Gasteiger partial charge >= 0.3 is 0 Å². The van der Waals surface area contributed by atoms with Gasteiger partial charge in [-0.3, -0.25) is 0 Å². The fourth-order valence-electron chi connectivity index (χ4n) is 6.12. The molecule has 0 nitrogen and oxygen atoms in total. The summed E-state index contributed by atoms with van der Waals surface area (Å²) in [5.74, 6) is 4.99. The van der Waals surface area contributed by atoms with Crippen LogP contribution in [0, 0.1) is 29.6 Å². The summed E-state index contributed by atoms with van der Waals surface area (Å²) < 4.78 is 0. The summed E-state index contributed by atoms with van der Waals surface area (Å²) in [5.41, 5.74) is 3.50. The highest BCUT2D eigenvalue weighted by Crippen LogP contribution is 2.44. The Morgan fingerprint density at radius 2 is 1.50 bits per heavy atom. The van der Waals surface area contributed by atoms with Crippen molar-refractivity contribution in [1.29, 1.82) is 0 Å². The minimum Gasteiger partial charge on any atom is -0.0696 e. The number of rotatable bonds is 7. The van der Waals surface area contributed by atoms with E-state index in [0.29, 0.717) is 0 Å². The van der Waals surface area contributed by atoms with Gasteiger partial charge in [0.25, 0.3) is 0 Å². The second kappa shape index (κ2) is 10.1. The van der Waals surface area contributed by atoms with Gasteiger partial charge in [0.1, 0.15) is 0 Å². The quantitative estimate of drug-likeness (QED) is 0.429. The van der Waals surface area contributed by atoms with Gasteiger partial charge in [0, 0.05) is 0 Å². The van der Waals surface area contributed by atoms with Crippen LogP contribution in [0.1, 0.15) is 111 Å². The van der Waals surface area contributed by atoms with Crippen molar-refractivity contribution >= 4 is 0 Å². The highest BCUT2D eigenvalue weighted by atomic mass is 14.4. The lowest BCUT2D eigenvalue weighted by molar-refractivity contribution is 0.149. The molecule has 0 N–H and O–H groups in total. The van der Waals surface area contributed by atoms with E-state index in [1.807, 2.05) is 0 Å². The van der Waals surface area contributed by atoms with Crippen molar-refractivity contribution < 1.29 is 0 Å². The lowest BCUT2D eigenvalue weighted by Crippen LogP contribution is -2.26. The van der Waals surface area contributed by atoms with Crippen molar-refractivity contribution in [2.75, 3.05) is 0 Å². The van der Waals surface area contributed by atoms with Crippen LogP contribution in [0.4, 0.5) is 0 Å². The zero-order valence-electron chi connectivity index (χ0n) is 17.9. The zero-order chi connectivity index (χ0) is 18.4. The zero-order valence-corrected chi connectivity index (χ0v) is 17.9. The van der Waals surface area contributed by atoms with Crippen LogP contribution in [-0.2, 0) is 0 Å². The molecule has 148 valence electrons. The lowest BCUT2D eigenvalue weighted by Gasteiger charge is -2.38. The monoisotopic (exact) mass is 356 g/mol. The average Bonchev–Trinajstić information content (AvgIpc) is 2.69. The van der Waals surface area contributed by atoms with E-state index in [9.17, 15) is 0 Å². The van der Waals surface area contributed by atoms with Crippen molar-refractivity contribution in [3.05, 3.63) is 23.3 Å². The molecule has 0 heteroatoms. The highest BCUT2D eigenvalue weighted by Gasteiger charge is 2.31. The van der Waals surface area contributed by atoms with E-state index < -0.39 is 0 Å². The SMILES string of the molecule is CCCC1CCC(C2CCC(C3=CC=C(CC(C)CC)CC3)CC2)CC1. The molecule has 0 aromatic carbocycles. The summed E-state index contributed by atoms with van der Waals surface area (Å²) in [4.78, 5) is 0. The number of hydrogen-bond acceptors (Lipinski definition) is 0. The molecule has 1 atom stereocenters. The minimum absolute atomic E-state index is 0.860. The average molecular weight is 357 g/mol. The van der Waals surface area contributed by atoms with Crippen LogP contribution in [0.2, 0.25) is 0 Å². The van der Waals surface area contributed by atoms with Crippen LogP contribution >= 0.6 is 0 Å². The van der Waals surface area contributed by atoms with Gasteiger partial charge in [0.2, 0.25) is 0 Å². The maximum atomic E-state index is 2.53. The van der Waals surface area contributed by atoms with Crippen LogP contribution < -0.4 is 0 Å². The summed E-state index contributed by atoms with van der Waals surface area (Å²) in [5, 5.41) is 0. The Hall–Kier alpha value is -0.520.